The minimum absolute atomic E-state index is 0.165. The van der Waals surface area contributed by atoms with E-state index in [0.29, 0.717) is 40.2 Å². The molecule has 0 radical (unpaired) electrons. The molecule has 6 nitrogen and oxygen atoms in total. The van der Waals surface area contributed by atoms with E-state index in [2.05, 4.69) is 41.6 Å². The number of carbonyl (C=O) groups excluding carboxylic acids is 2. The quantitative estimate of drug-likeness (QED) is 0.0911. The molecule has 0 heterocycles. The molecule has 0 bridgehead atoms. The van der Waals surface area contributed by atoms with Crippen LogP contribution in [0.2, 0.25) is 0 Å². The lowest BCUT2D eigenvalue weighted by atomic mass is 9.79. The van der Waals surface area contributed by atoms with Crippen molar-refractivity contribution in [2.24, 2.45) is 11.8 Å². The number of benzene rings is 5. The van der Waals surface area contributed by atoms with Crippen molar-refractivity contribution in [3.05, 3.63) is 132 Å². The molecule has 2 aliphatic carbocycles. The predicted octanol–water partition coefficient (Wildman–Crippen LogP) is 10.6. The van der Waals surface area contributed by atoms with E-state index in [1.807, 2.05) is 66.7 Å². The largest absolute Gasteiger partial charge is 0.508 e. The molecular formula is C52H41FO6. The molecule has 292 valence electrons. The number of phenolic OH excluding ortho intramolecular Hbond substituents is 1. The average Bonchev–Trinajstić information content (AvgIpc) is 3.27. The highest BCUT2D eigenvalue weighted by Crippen LogP contribution is 2.39. The van der Waals surface area contributed by atoms with Crippen LogP contribution in [-0.2, 0) is 9.59 Å². The highest BCUT2D eigenvalue weighted by molar-refractivity contribution is 5.78. The van der Waals surface area contributed by atoms with E-state index in [1.54, 1.807) is 36.4 Å². The summed E-state index contributed by atoms with van der Waals surface area (Å²) >= 11 is 0. The number of aromatic hydroxyl groups is 1. The standard InChI is InChI=1S/C52H41FO6/c1-2-3-4-5-6-7-32-57-48-26-18-39(19-27-48)37-10-14-43(15-11-37)52(56)59-50-30-22-41(23-31-50)45-33-44(34-46(53)35-45)40-20-28-49(29-21-40)58-51(55)42-12-8-36(9-13-42)38-16-24-47(54)25-17-38/h1,16-31,33-37,42-43,54H,8-15H2. The SMILES string of the molecule is C#CC#CC#CC#COc1ccc(C2CCC(C(=O)Oc3ccc(-c4cc(F)cc(-c5ccc(OC(=O)C6CCC(c7ccc(O)cc7)CC6)cc5)c4)cc3)CC2)cc1. The molecule has 0 aromatic heterocycles. The van der Waals surface area contributed by atoms with Gasteiger partial charge in [0.15, 0.2) is 0 Å². The lowest BCUT2D eigenvalue weighted by Gasteiger charge is -2.27. The van der Waals surface area contributed by atoms with Gasteiger partial charge in [-0.15, -0.1) is 6.42 Å². The number of terminal acetylenes is 1. The Kier molecular flexibility index (Phi) is 13.1. The van der Waals surface area contributed by atoms with Gasteiger partial charge in [-0.2, -0.15) is 0 Å². The molecule has 7 rings (SSSR count). The summed E-state index contributed by atoms with van der Waals surface area (Å²) in [5.74, 6) is 15.9. The van der Waals surface area contributed by atoms with Gasteiger partial charge < -0.3 is 19.3 Å². The minimum Gasteiger partial charge on any atom is -0.508 e. The van der Waals surface area contributed by atoms with E-state index in [-0.39, 0.29) is 35.3 Å². The monoisotopic (exact) mass is 780 g/mol. The molecule has 2 fully saturated rings. The lowest BCUT2D eigenvalue weighted by molar-refractivity contribution is -0.141. The van der Waals surface area contributed by atoms with Crippen LogP contribution in [0.3, 0.4) is 0 Å². The molecule has 5 aromatic carbocycles. The number of carbonyl (C=O) groups is 2. The van der Waals surface area contributed by atoms with Gasteiger partial charge in [-0.05, 0) is 181 Å². The molecule has 0 saturated heterocycles. The predicted molar refractivity (Wildman–Crippen MR) is 225 cm³/mol. The van der Waals surface area contributed by atoms with E-state index in [1.165, 1.54) is 23.3 Å². The van der Waals surface area contributed by atoms with Gasteiger partial charge in [-0.1, -0.05) is 48.5 Å². The normalized spacial score (nSPS) is 18.2. The number of hydrogen-bond acceptors (Lipinski definition) is 6. The zero-order chi connectivity index (χ0) is 41.0. The van der Waals surface area contributed by atoms with Crippen molar-refractivity contribution >= 4 is 11.9 Å². The third-order valence-electron chi connectivity index (χ3n) is 11.1. The van der Waals surface area contributed by atoms with Gasteiger partial charge in [0, 0.05) is 17.8 Å². The van der Waals surface area contributed by atoms with Crippen molar-refractivity contribution in [1.29, 1.82) is 0 Å². The molecule has 0 aliphatic heterocycles. The first-order valence-electron chi connectivity index (χ1n) is 19.8. The van der Waals surface area contributed by atoms with E-state index in [9.17, 15) is 19.1 Å². The summed E-state index contributed by atoms with van der Waals surface area (Å²) in [6.07, 6.45) is 14.0. The van der Waals surface area contributed by atoms with Gasteiger partial charge >= 0.3 is 11.9 Å². The fourth-order valence-corrected chi connectivity index (χ4v) is 7.87. The van der Waals surface area contributed by atoms with Crippen LogP contribution < -0.4 is 14.2 Å². The van der Waals surface area contributed by atoms with Crippen LogP contribution in [0.25, 0.3) is 22.3 Å². The van der Waals surface area contributed by atoms with Crippen molar-refractivity contribution in [2.45, 2.75) is 63.2 Å². The van der Waals surface area contributed by atoms with Crippen molar-refractivity contribution in [3.8, 4) is 93.3 Å². The Morgan fingerprint density at radius 1 is 0.525 bits per heavy atom. The van der Waals surface area contributed by atoms with Gasteiger partial charge in [0.25, 0.3) is 0 Å². The number of ether oxygens (including phenoxy) is 3. The van der Waals surface area contributed by atoms with Crippen molar-refractivity contribution < 1.29 is 33.3 Å². The molecule has 2 aliphatic rings. The Hall–Kier alpha value is -7.19. The smallest absolute Gasteiger partial charge is 0.314 e. The molecule has 5 aromatic rings. The van der Waals surface area contributed by atoms with E-state index in [0.717, 1.165) is 62.5 Å². The molecular weight excluding hydrogens is 740 g/mol. The molecule has 0 unspecified atom stereocenters. The molecule has 0 amide bonds. The topological polar surface area (TPSA) is 82.1 Å². The summed E-state index contributed by atoms with van der Waals surface area (Å²) in [5.41, 5.74) is 5.29. The Balaban J connectivity index is 0.881. The Labute approximate surface area is 344 Å². The number of halogens is 1. The van der Waals surface area contributed by atoms with Crippen LogP contribution in [0, 0.1) is 65.7 Å². The maximum Gasteiger partial charge on any atom is 0.314 e. The number of esters is 2. The average molecular weight is 781 g/mol. The van der Waals surface area contributed by atoms with Gasteiger partial charge in [-0.3, -0.25) is 9.59 Å². The van der Waals surface area contributed by atoms with E-state index in [4.69, 9.17) is 20.6 Å². The Morgan fingerprint density at radius 2 is 0.949 bits per heavy atom. The van der Waals surface area contributed by atoms with Gasteiger partial charge in [-0.25, -0.2) is 4.39 Å². The third kappa shape index (κ3) is 10.8. The molecule has 2 saturated carbocycles. The molecule has 59 heavy (non-hydrogen) atoms. The molecule has 7 heteroatoms. The second-order valence-electron chi connectivity index (χ2n) is 14.9. The highest BCUT2D eigenvalue weighted by atomic mass is 19.1. The summed E-state index contributed by atoms with van der Waals surface area (Å²) in [7, 11) is 0. The summed E-state index contributed by atoms with van der Waals surface area (Å²) in [4.78, 5) is 26.1. The number of hydrogen-bond donors (Lipinski definition) is 1. The van der Waals surface area contributed by atoms with Crippen LogP contribution >= 0.6 is 0 Å². The molecule has 0 spiro atoms. The zero-order valence-corrected chi connectivity index (χ0v) is 32.4. The maximum absolute atomic E-state index is 14.9. The fraction of sp³-hybridized carbons (Fsp3) is 0.231. The Morgan fingerprint density at radius 3 is 1.42 bits per heavy atom. The lowest BCUT2D eigenvalue weighted by Crippen LogP contribution is -2.25. The zero-order valence-electron chi connectivity index (χ0n) is 32.4. The second-order valence-corrected chi connectivity index (χ2v) is 14.9. The molecule has 0 atom stereocenters. The minimum atomic E-state index is -0.384. The summed E-state index contributed by atoms with van der Waals surface area (Å²) < 4.78 is 31.9. The molecule has 1 N–H and O–H groups in total. The summed E-state index contributed by atoms with van der Waals surface area (Å²) in [6.45, 7) is 0. The second kappa shape index (κ2) is 19.3. The van der Waals surface area contributed by atoms with Crippen LogP contribution in [0.5, 0.6) is 23.0 Å². The van der Waals surface area contributed by atoms with Crippen molar-refractivity contribution in [1.82, 2.24) is 0 Å². The maximum atomic E-state index is 14.9. The number of rotatable bonds is 9. The first-order chi connectivity index (χ1) is 28.8. The first-order valence-corrected chi connectivity index (χ1v) is 19.8. The summed E-state index contributed by atoms with van der Waals surface area (Å²) in [5, 5.41) is 9.58. The van der Waals surface area contributed by atoms with Crippen LogP contribution in [-0.4, -0.2) is 17.0 Å². The van der Waals surface area contributed by atoms with Gasteiger partial charge in [0.1, 0.15) is 34.9 Å². The van der Waals surface area contributed by atoms with Crippen molar-refractivity contribution in [3.63, 3.8) is 0 Å². The summed E-state index contributed by atoms with van der Waals surface area (Å²) in [6, 6.07) is 34.2. The van der Waals surface area contributed by atoms with Gasteiger partial charge in [0.05, 0.1) is 11.8 Å². The van der Waals surface area contributed by atoms with Crippen molar-refractivity contribution in [2.75, 3.05) is 0 Å². The van der Waals surface area contributed by atoms with Crippen LogP contribution in [0.1, 0.15) is 74.3 Å². The van der Waals surface area contributed by atoms with Crippen LogP contribution in [0.15, 0.2) is 115 Å². The highest BCUT2D eigenvalue weighted by Gasteiger charge is 2.30. The Bertz CT molecular complexity index is 2500. The fourth-order valence-electron chi connectivity index (χ4n) is 7.87. The van der Waals surface area contributed by atoms with Crippen LogP contribution in [0.4, 0.5) is 4.39 Å². The first kappa shape index (κ1) is 40.0. The number of phenols is 1. The van der Waals surface area contributed by atoms with Gasteiger partial charge in [0.2, 0.25) is 0 Å². The third-order valence-corrected chi connectivity index (χ3v) is 11.1. The van der Waals surface area contributed by atoms with E-state index >= 15 is 0 Å². The van der Waals surface area contributed by atoms with E-state index < -0.39 is 0 Å².